The Hall–Kier alpha value is -2.93. The van der Waals surface area contributed by atoms with Crippen molar-refractivity contribution in [2.75, 3.05) is 5.32 Å². The van der Waals surface area contributed by atoms with Crippen molar-refractivity contribution in [3.05, 3.63) is 66.0 Å². The molecular formula is C22H22N4O2S. The summed E-state index contributed by atoms with van der Waals surface area (Å²) in [4.78, 5) is 24.3. The minimum absolute atomic E-state index is 0.0351. The molecule has 1 atom stereocenters. The van der Waals surface area contributed by atoms with Crippen LogP contribution in [0.25, 0.3) is 5.69 Å². The maximum Gasteiger partial charge on any atom is 0.237 e. The van der Waals surface area contributed by atoms with Gasteiger partial charge in [-0.1, -0.05) is 42.1 Å². The van der Waals surface area contributed by atoms with Crippen LogP contribution >= 0.6 is 11.8 Å². The van der Waals surface area contributed by atoms with Crippen molar-refractivity contribution in [2.45, 2.75) is 43.0 Å². The molecule has 2 aromatic carbocycles. The van der Waals surface area contributed by atoms with Gasteiger partial charge in [-0.15, -0.1) is 10.2 Å². The van der Waals surface area contributed by atoms with Crippen molar-refractivity contribution >= 4 is 29.1 Å². The first kappa shape index (κ1) is 19.4. The SMILES string of the molecule is CC(=O)c1cccc(NC(=O)C(C)Sc2nnc(C3CC3)n2-c2ccccc2)c1. The number of para-hydroxylation sites is 1. The molecule has 1 heterocycles. The number of amides is 1. The second-order valence-electron chi connectivity index (χ2n) is 7.17. The summed E-state index contributed by atoms with van der Waals surface area (Å²) in [7, 11) is 0. The van der Waals surface area contributed by atoms with Gasteiger partial charge >= 0.3 is 0 Å². The van der Waals surface area contributed by atoms with Crippen molar-refractivity contribution < 1.29 is 9.59 Å². The van der Waals surface area contributed by atoms with Crippen LogP contribution in [0.4, 0.5) is 5.69 Å². The summed E-state index contributed by atoms with van der Waals surface area (Å²) in [6, 6.07) is 17.0. The van der Waals surface area contributed by atoms with E-state index in [2.05, 4.69) is 20.1 Å². The molecule has 1 aliphatic rings. The summed E-state index contributed by atoms with van der Waals surface area (Å²) in [5, 5.41) is 12.0. The van der Waals surface area contributed by atoms with E-state index in [0.29, 0.717) is 22.3 Å². The molecule has 1 aliphatic carbocycles. The van der Waals surface area contributed by atoms with Crippen LogP contribution in [-0.2, 0) is 4.79 Å². The lowest BCUT2D eigenvalue weighted by Crippen LogP contribution is -2.23. The van der Waals surface area contributed by atoms with Gasteiger partial charge < -0.3 is 5.32 Å². The average Bonchev–Trinajstić information content (AvgIpc) is 3.49. The molecule has 0 bridgehead atoms. The third-order valence-corrected chi connectivity index (χ3v) is 5.85. The Morgan fingerprint density at radius 1 is 1.10 bits per heavy atom. The molecule has 0 radical (unpaired) electrons. The first-order valence-electron chi connectivity index (χ1n) is 9.62. The number of benzene rings is 2. The Balaban J connectivity index is 1.52. The molecule has 1 N–H and O–H groups in total. The molecule has 1 aromatic heterocycles. The van der Waals surface area contributed by atoms with Gasteiger partial charge in [0, 0.05) is 22.9 Å². The molecule has 6 nitrogen and oxygen atoms in total. The van der Waals surface area contributed by atoms with E-state index >= 15 is 0 Å². The maximum atomic E-state index is 12.7. The van der Waals surface area contributed by atoms with E-state index < -0.39 is 0 Å². The van der Waals surface area contributed by atoms with Gasteiger partial charge in [0.25, 0.3) is 0 Å². The Morgan fingerprint density at radius 2 is 1.86 bits per heavy atom. The van der Waals surface area contributed by atoms with Gasteiger partial charge in [0.05, 0.1) is 5.25 Å². The smallest absolute Gasteiger partial charge is 0.237 e. The fraction of sp³-hybridized carbons (Fsp3) is 0.273. The molecule has 0 spiro atoms. The highest BCUT2D eigenvalue weighted by molar-refractivity contribution is 8.00. The first-order chi connectivity index (χ1) is 14.0. The van der Waals surface area contributed by atoms with Crippen molar-refractivity contribution in [3.63, 3.8) is 0 Å². The fourth-order valence-corrected chi connectivity index (χ4v) is 3.93. The molecule has 29 heavy (non-hydrogen) atoms. The molecule has 0 aliphatic heterocycles. The van der Waals surface area contributed by atoms with Crippen molar-refractivity contribution in [1.29, 1.82) is 0 Å². The second-order valence-corrected chi connectivity index (χ2v) is 8.48. The largest absolute Gasteiger partial charge is 0.325 e. The van der Waals surface area contributed by atoms with Gasteiger partial charge in [0.2, 0.25) is 5.91 Å². The zero-order valence-corrected chi connectivity index (χ0v) is 17.1. The lowest BCUT2D eigenvalue weighted by molar-refractivity contribution is -0.115. The summed E-state index contributed by atoms with van der Waals surface area (Å²) in [5.41, 5.74) is 2.18. The Morgan fingerprint density at radius 3 is 2.55 bits per heavy atom. The van der Waals surface area contributed by atoms with Gasteiger partial charge in [-0.2, -0.15) is 0 Å². The molecule has 1 saturated carbocycles. The van der Waals surface area contributed by atoms with Crippen molar-refractivity contribution in [2.24, 2.45) is 0 Å². The predicted octanol–water partition coefficient (Wildman–Crippen LogP) is 4.47. The van der Waals surface area contributed by atoms with Crippen LogP contribution in [0, 0.1) is 0 Å². The number of carbonyl (C=O) groups excluding carboxylic acids is 2. The quantitative estimate of drug-likeness (QED) is 0.463. The summed E-state index contributed by atoms with van der Waals surface area (Å²) in [6.45, 7) is 3.35. The number of rotatable bonds is 7. The number of nitrogens with one attached hydrogen (secondary N) is 1. The van der Waals surface area contributed by atoms with Crippen LogP contribution < -0.4 is 5.32 Å². The number of thioether (sulfide) groups is 1. The molecular weight excluding hydrogens is 384 g/mol. The third-order valence-electron chi connectivity index (χ3n) is 4.80. The number of carbonyl (C=O) groups is 2. The minimum atomic E-state index is -0.380. The van der Waals surface area contributed by atoms with Gasteiger partial charge in [0.15, 0.2) is 10.9 Å². The van der Waals surface area contributed by atoms with Crippen LogP contribution in [0.2, 0.25) is 0 Å². The van der Waals surface area contributed by atoms with Crippen LogP contribution in [0.3, 0.4) is 0 Å². The van der Waals surface area contributed by atoms with Crippen LogP contribution in [0.5, 0.6) is 0 Å². The number of nitrogens with zero attached hydrogens (tertiary/aromatic N) is 3. The number of Topliss-reactive ketones (excluding diaryl/α,β-unsaturated/α-hetero) is 1. The van der Waals surface area contributed by atoms with Gasteiger partial charge in [-0.25, -0.2) is 0 Å². The van der Waals surface area contributed by atoms with E-state index in [-0.39, 0.29) is 16.9 Å². The first-order valence-corrected chi connectivity index (χ1v) is 10.5. The van der Waals surface area contributed by atoms with E-state index in [0.717, 1.165) is 24.4 Å². The summed E-state index contributed by atoms with van der Waals surface area (Å²) < 4.78 is 2.06. The van der Waals surface area contributed by atoms with Crippen molar-refractivity contribution in [1.82, 2.24) is 14.8 Å². The van der Waals surface area contributed by atoms with Crippen molar-refractivity contribution in [3.8, 4) is 5.69 Å². The second kappa shape index (κ2) is 8.21. The third kappa shape index (κ3) is 4.40. The minimum Gasteiger partial charge on any atom is -0.325 e. The summed E-state index contributed by atoms with van der Waals surface area (Å²) in [5.74, 6) is 1.22. The molecule has 1 fully saturated rings. The summed E-state index contributed by atoms with van der Waals surface area (Å²) in [6.07, 6.45) is 2.25. The van der Waals surface area contributed by atoms with Crippen LogP contribution in [0.1, 0.15) is 48.8 Å². The number of hydrogen-bond acceptors (Lipinski definition) is 5. The maximum absolute atomic E-state index is 12.7. The number of aromatic nitrogens is 3. The lowest BCUT2D eigenvalue weighted by Gasteiger charge is -2.14. The molecule has 3 aromatic rings. The highest BCUT2D eigenvalue weighted by Gasteiger charge is 2.31. The van der Waals surface area contributed by atoms with Gasteiger partial charge in [-0.05, 0) is 51.0 Å². The zero-order chi connectivity index (χ0) is 20.4. The highest BCUT2D eigenvalue weighted by atomic mass is 32.2. The zero-order valence-electron chi connectivity index (χ0n) is 16.3. The van der Waals surface area contributed by atoms with Gasteiger partial charge in [0.1, 0.15) is 5.82 Å². The molecule has 148 valence electrons. The van der Waals surface area contributed by atoms with E-state index in [9.17, 15) is 9.59 Å². The molecule has 4 rings (SSSR count). The van der Waals surface area contributed by atoms with E-state index in [1.807, 2.05) is 37.3 Å². The Bertz CT molecular complexity index is 1040. The van der Waals surface area contributed by atoms with Gasteiger partial charge in [-0.3, -0.25) is 14.2 Å². The number of hydrogen-bond donors (Lipinski definition) is 1. The Kier molecular flexibility index (Phi) is 5.49. The molecule has 1 unspecified atom stereocenters. The number of anilines is 1. The monoisotopic (exact) mass is 406 g/mol. The summed E-state index contributed by atoms with van der Waals surface area (Å²) >= 11 is 1.38. The Labute approximate surface area is 173 Å². The van der Waals surface area contributed by atoms with E-state index in [4.69, 9.17) is 0 Å². The molecule has 0 saturated heterocycles. The standard InChI is InChI=1S/C22H22N4O2S/c1-14(27)17-7-6-8-18(13-17)23-21(28)15(2)29-22-25-24-20(16-11-12-16)26(22)19-9-4-3-5-10-19/h3-10,13,15-16H,11-12H2,1-2H3,(H,23,28). The van der Waals surface area contributed by atoms with Crippen LogP contribution in [0.15, 0.2) is 59.8 Å². The predicted molar refractivity (Wildman–Crippen MR) is 114 cm³/mol. The fourth-order valence-electron chi connectivity index (χ4n) is 3.05. The van der Waals surface area contributed by atoms with Crippen LogP contribution in [-0.4, -0.2) is 31.7 Å². The van der Waals surface area contributed by atoms with E-state index in [1.165, 1.54) is 18.7 Å². The van der Waals surface area contributed by atoms with E-state index in [1.54, 1.807) is 24.3 Å². The topological polar surface area (TPSA) is 76.9 Å². The highest BCUT2D eigenvalue weighted by Crippen LogP contribution is 2.41. The molecule has 7 heteroatoms. The average molecular weight is 407 g/mol. The normalized spacial score (nSPS) is 14.4. The lowest BCUT2D eigenvalue weighted by atomic mass is 10.1. The molecule has 1 amide bonds. The number of ketones is 1.